The maximum atomic E-state index is 12.4. The summed E-state index contributed by atoms with van der Waals surface area (Å²) in [6.07, 6.45) is 3.98. The van der Waals surface area contributed by atoms with E-state index in [2.05, 4.69) is 20.6 Å². The van der Waals surface area contributed by atoms with Gasteiger partial charge in [-0.3, -0.25) is 4.79 Å². The molecule has 0 bridgehead atoms. The molecule has 1 aliphatic rings. The molecule has 0 spiro atoms. The Balaban J connectivity index is 1.93. The summed E-state index contributed by atoms with van der Waals surface area (Å²) in [5, 5.41) is 6.38. The zero-order valence-corrected chi connectivity index (χ0v) is 12.6. The van der Waals surface area contributed by atoms with Crippen LogP contribution in [0.25, 0.3) is 0 Å². The van der Waals surface area contributed by atoms with E-state index in [4.69, 9.17) is 0 Å². The van der Waals surface area contributed by atoms with Gasteiger partial charge in [-0.1, -0.05) is 13.8 Å². The van der Waals surface area contributed by atoms with E-state index in [9.17, 15) is 4.79 Å². The van der Waals surface area contributed by atoms with Crippen molar-refractivity contribution in [2.24, 2.45) is 11.3 Å². The zero-order chi connectivity index (χ0) is 14.6. The third-order valence-corrected chi connectivity index (χ3v) is 4.17. The van der Waals surface area contributed by atoms with Gasteiger partial charge in [0, 0.05) is 11.6 Å². The molecule has 1 unspecified atom stereocenters. The molecule has 0 radical (unpaired) electrons. The molecule has 1 atom stereocenters. The van der Waals surface area contributed by atoms with E-state index in [-0.39, 0.29) is 11.3 Å². The van der Waals surface area contributed by atoms with Crippen LogP contribution in [0, 0.1) is 18.3 Å². The Morgan fingerprint density at radius 2 is 2.35 bits per heavy atom. The first-order valence-electron chi connectivity index (χ1n) is 7.27. The Kier molecular flexibility index (Phi) is 4.70. The molecule has 2 heterocycles. The second-order valence-corrected chi connectivity index (χ2v) is 6.04. The number of amides is 1. The van der Waals surface area contributed by atoms with Gasteiger partial charge in [-0.25, -0.2) is 9.97 Å². The van der Waals surface area contributed by atoms with Gasteiger partial charge in [-0.15, -0.1) is 0 Å². The Morgan fingerprint density at radius 1 is 1.55 bits per heavy atom. The van der Waals surface area contributed by atoms with Crippen molar-refractivity contribution in [3.63, 3.8) is 0 Å². The average Bonchev–Trinajstić information content (AvgIpc) is 2.45. The molecule has 1 fully saturated rings. The lowest BCUT2D eigenvalue weighted by molar-refractivity contribution is -0.132. The molecule has 1 saturated heterocycles. The minimum absolute atomic E-state index is 0.0995. The molecule has 1 amide bonds. The van der Waals surface area contributed by atoms with Crippen molar-refractivity contribution in [1.29, 1.82) is 0 Å². The Labute approximate surface area is 120 Å². The number of hydrogen-bond acceptors (Lipinski definition) is 4. The van der Waals surface area contributed by atoms with Crippen molar-refractivity contribution >= 4 is 5.91 Å². The maximum absolute atomic E-state index is 12.4. The second-order valence-electron chi connectivity index (χ2n) is 6.04. The van der Waals surface area contributed by atoms with Crippen molar-refractivity contribution in [1.82, 2.24) is 20.6 Å². The summed E-state index contributed by atoms with van der Waals surface area (Å²) in [7, 11) is 0. The fourth-order valence-electron chi connectivity index (χ4n) is 2.66. The number of carbonyl (C=O) groups excluding carboxylic acids is 1. The van der Waals surface area contributed by atoms with Gasteiger partial charge in [0.05, 0.1) is 12.2 Å². The SMILES string of the molecule is Cc1nccc(CNC(=O)C(C)(C)C2CCCNC2)n1. The molecule has 1 aliphatic heterocycles. The standard InChI is InChI=1S/C15H24N4O/c1-11-17-8-6-13(19-11)10-18-14(20)15(2,3)12-5-4-7-16-9-12/h6,8,12,16H,4-5,7,9-10H2,1-3H3,(H,18,20). The molecule has 1 aromatic rings. The number of aryl methyl sites for hydroxylation is 1. The van der Waals surface area contributed by atoms with E-state index in [1.165, 1.54) is 0 Å². The number of carbonyl (C=O) groups is 1. The smallest absolute Gasteiger partial charge is 0.226 e. The van der Waals surface area contributed by atoms with Crippen LogP contribution in [0.5, 0.6) is 0 Å². The molecule has 2 N–H and O–H groups in total. The largest absolute Gasteiger partial charge is 0.350 e. The number of nitrogens with zero attached hydrogens (tertiary/aromatic N) is 2. The van der Waals surface area contributed by atoms with Crippen LogP contribution in [0.15, 0.2) is 12.3 Å². The number of hydrogen-bond donors (Lipinski definition) is 2. The van der Waals surface area contributed by atoms with Crippen molar-refractivity contribution in [3.05, 3.63) is 23.8 Å². The van der Waals surface area contributed by atoms with Crippen molar-refractivity contribution in [2.75, 3.05) is 13.1 Å². The summed E-state index contributed by atoms with van der Waals surface area (Å²) < 4.78 is 0. The van der Waals surface area contributed by atoms with Gasteiger partial charge in [-0.05, 0) is 44.8 Å². The number of rotatable bonds is 4. The van der Waals surface area contributed by atoms with Crippen LogP contribution in [0.3, 0.4) is 0 Å². The van der Waals surface area contributed by atoms with Crippen LogP contribution >= 0.6 is 0 Å². The van der Waals surface area contributed by atoms with Crippen LogP contribution in [-0.2, 0) is 11.3 Å². The van der Waals surface area contributed by atoms with E-state index >= 15 is 0 Å². The molecule has 0 saturated carbocycles. The first-order valence-corrected chi connectivity index (χ1v) is 7.27. The van der Waals surface area contributed by atoms with Gasteiger partial charge in [-0.2, -0.15) is 0 Å². The quantitative estimate of drug-likeness (QED) is 0.873. The fourth-order valence-corrected chi connectivity index (χ4v) is 2.66. The summed E-state index contributed by atoms with van der Waals surface area (Å²) in [5.41, 5.74) is 0.499. The molecule has 1 aromatic heterocycles. The third-order valence-electron chi connectivity index (χ3n) is 4.17. The zero-order valence-electron chi connectivity index (χ0n) is 12.6. The highest BCUT2D eigenvalue weighted by Crippen LogP contribution is 2.31. The van der Waals surface area contributed by atoms with Gasteiger partial charge < -0.3 is 10.6 Å². The molecule has 5 heteroatoms. The molecule has 5 nitrogen and oxygen atoms in total. The first kappa shape index (κ1) is 14.9. The van der Waals surface area contributed by atoms with E-state index in [0.717, 1.165) is 37.4 Å². The Hall–Kier alpha value is -1.49. The minimum Gasteiger partial charge on any atom is -0.350 e. The summed E-state index contributed by atoms with van der Waals surface area (Å²) in [5.74, 6) is 1.22. The lowest BCUT2D eigenvalue weighted by Gasteiger charge is -2.36. The Bertz CT molecular complexity index is 467. The summed E-state index contributed by atoms with van der Waals surface area (Å²) in [6.45, 7) is 8.37. The lowest BCUT2D eigenvalue weighted by Crippen LogP contribution is -2.47. The van der Waals surface area contributed by atoms with Crippen LogP contribution < -0.4 is 10.6 Å². The van der Waals surface area contributed by atoms with E-state index in [0.29, 0.717) is 12.5 Å². The van der Waals surface area contributed by atoms with Gasteiger partial charge in [0.2, 0.25) is 5.91 Å². The van der Waals surface area contributed by atoms with Gasteiger partial charge in [0.1, 0.15) is 5.82 Å². The van der Waals surface area contributed by atoms with Crippen LogP contribution in [0.4, 0.5) is 0 Å². The fraction of sp³-hybridized carbons (Fsp3) is 0.667. The number of piperidine rings is 1. The van der Waals surface area contributed by atoms with Crippen molar-refractivity contribution in [2.45, 2.75) is 40.2 Å². The maximum Gasteiger partial charge on any atom is 0.226 e. The summed E-state index contributed by atoms with van der Waals surface area (Å²) in [4.78, 5) is 20.8. The number of nitrogens with one attached hydrogen (secondary N) is 2. The van der Waals surface area contributed by atoms with Gasteiger partial charge in [0.15, 0.2) is 0 Å². The highest BCUT2D eigenvalue weighted by atomic mass is 16.2. The average molecular weight is 276 g/mol. The van der Waals surface area contributed by atoms with Crippen molar-refractivity contribution < 1.29 is 4.79 Å². The van der Waals surface area contributed by atoms with Crippen LogP contribution in [-0.4, -0.2) is 29.0 Å². The third kappa shape index (κ3) is 3.54. The molecular formula is C15H24N4O. The van der Waals surface area contributed by atoms with Crippen molar-refractivity contribution in [3.8, 4) is 0 Å². The molecular weight excluding hydrogens is 252 g/mol. The normalized spacial score (nSPS) is 19.6. The minimum atomic E-state index is -0.352. The van der Waals surface area contributed by atoms with E-state index in [1.807, 2.05) is 26.8 Å². The summed E-state index contributed by atoms with van der Waals surface area (Å²) >= 11 is 0. The van der Waals surface area contributed by atoms with Crippen LogP contribution in [0.2, 0.25) is 0 Å². The van der Waals surface area contributed by atoms with Gasteiger partial charge in [0.25, 0.3) is 0 Å². The highest BCUT2D eigenvalue weighted by Gasteiger charge is 2.37. The van der Waals surface area contributed by atoms with E-state index in [1.54, 1.807) is 6.20 Å². The van der Waals surface area contributed by atoms with Gasteiger partial charge >= 0.3 is 0 Å². The molecule has 0 aromatic carbocycles. The molecule has 2 rings (SSSR count). The Morgan fingerprint density at radius 3 is 3.00 bits per heavy atom. The first-order chi connectivity index (χ1) is 9.50. The molecule has 20 heavy (non-hydrogen) atoms. The van der Waals surface area contributed by atoms with Crippen LogP contribution in [0.1, 0.15) is 38.2 Å². The molecule has 110 valence electrons. The monoisotopic (exact) mass is 276 g/mol. The second kappa shape index (κ2) is 6.31. The topological polar surface area (TPSA) is 66.9 Å². The highest BCUT2D eigenvalue weighted by molar-refractivity contribution is 5.82. The predicted octanol–water partition coefficient (Wildman–Crippen LogP) is 1.43. The predicted molar refractivity (Wildman–Crippen MR) is 78.0 cm³/mol. The summed E-state index contributed by atoms with van der Waals surface area (Å²) in [6, 6.07) is 1.84. The van der Waals surface area contributed by atoms with E-state index < -0.39 is 0 Å². The molecule has 0 aliphatic carbocycles. The lowest BCUT2D eigenvalue weighted by atomic mass is 9.74. The number of aromatic nitrogens is 2.